The second-order valence-electron chi connectivity index (χ2n) is 6.97. The molecule has 1 unspecified atom stereocenters. The molecule has 0 aliphatic heterocycles. The van der Waals surface area contributed by atoms with Gasteiger partial charge in [0.1, 0.15) is 6.61 Å². The minimum absolute atomic E-state index is 0.190. The standard InChI is InChI=1S/C17H22Cl3NO3S/c18-17(19,20)12-24-25(22,23)21-15-8-11-16(9-4-1-5-10-16)14-7-3-2-6-13(14)15/h2-3,6-7,15,21H,1,4-5,8-12H2. The quantitative estimate of drug-likeness (QED) is 0.693. The van der Waals surface area contributed by atoms with Crippen molar-refractivity contribution in [3.63, 3.8) is 0 Å². The molecule has 3 rings (SSSR count). The molecule has 2 aliphatic carbocycles. The first-order valence-electron chi connectivity index (χ1n) is 8.54. The molecule has 0 aromatic heterocycles. The lowest BCUT2D eigenvalue weighted by Gasteiger charge is -2.44. The number of benzene rings is 1. The van der Waals surface area contributed by atoms with Crippen LogP contribution in [0.5, 0.6) is 0 Å². The number of hydrogen-bond donors (Lipinski definition) is 1. The summed E-state index contributed by atoms with van der Waals surface area (Å²) in [6.45, 7) is -0.523. The molecule has 1 fully saturated rings. The Morgan fingerprint density at radius 1 is 1.12 bits per heavy atom. The predicted octanol–water partition coefficient (Wildman–Crippen LogP) is 4.94. The molecule has 1 aromatic rings. The highest BCUT2D eigenvalue weighted by molar-refractivity contribution is 7.84. The summed E-state index contributed by atoms with van der Waals surface area (Å²) in [6.07, 6.45) is 7.81. The zero-order valence-electron chi connectivity index (χ0n) is 13.8. The number of rotatable bonds is 4. The Morgan fingerprint density at radius 2 is 1.80 bits per heavy atom. The van der Waals surface area contributed by atoms with Gasteiger partial charge in [-0.15, -0.1) is 0 Å². The van der Waals surface area contributed by atoms with Gasteiger partial charge in [0, 0.05) is 6.04 Å². The molecular weight excluding hydrogens is 405 g/mol. The van der Waals surface area contributed by atoms with Crippen molar-refractivity contribution >= 4 is 45.1 Å². The average molecular weight is 427 g/mol. The predicted molar refractivity (Wildman–Crippen MR) is 101 cm³/mol. The smallest absolute Gasteiger partial charge is 0.254 e. The highest BCUT2D eigenvalue weighted by Gasteiger charge is 2.41. The minimum atomic E-state index is -4.00. The van der Waals surface area contributed by atoms with Crippen molar-refractivity contribution < 1.29 is 12.6 Å². The summed E-state index contributed by atoms with van der Waals surface area (Å²) in [7, 11) is -4.00. The Balaban J connectivity index is 1.80. The first kappa shape index (κ1) is 19.7. The Kier molecular flexibility index (Phi) is 5.94. The van der Waals surface area contributed by atoms with Crippen LogP contribution in [-0.4, -0.2) is 18.8 Å². The molecule has 1 spiro atoms. The van der Waals surface area contributed by atoms with Crippen LogP contribution in [0.2, 0.25) is 0 Å². The van der Waals surface area contributed by atoms with Crippen LogP contribution in [-0.2, 0) is 19.9 Å². The van der Waals surface area contributed by atoms with E-state index in [1.54, 1.807) is 0 Å². The van der Waals surface area contributed by atoms with Crippen LogP contribution in [0.25, 0.3) is 0 Å². The Labute approximate surface area is 164 Å². The van der Waals surface area contributed by atoms with Crippen molar-refractivity contribution in [2.24, 2.45) is 0 Å². The maximum atomic E-state index is 12.2. The fourth-order valence-electron chi connectivity index (χ4n) is 4.22. The van der Waals surface area contributed by atoms with E-state index in [0.717, 1.165) is 18.4 Å². The van der Waals surface area contributed by atoms with E-state index < -0.39 is 20.7 Å². The van der Waals surface area contributed by atoms with Crippen molar-refractivity contribution in [3.05, 3.63) is 35.4 Å². The molecule has 0 saturated heterocycles. The molecule has 0 bridgehead atoms. The van der Waals surface area contributed by atoms with Gasteiger partial charge < -0.3 is 0 Å². The fourth-order valence-corrected chi connectivity index (χ4v) is 5.57. The first-order valence-corrected chi connectivity index (χ1v) is 11.1. The maximum Gasteiger partial charge on any atom is 0.336 e. The molecule has 0 amide bonds. The lowest BCUT2D eigenvalue weighted by molar-refractivity contribution is 0.237. The normalized spacial score (nSPS) is 23.4. The lowest BCUT2D eigenvalue weighted by atomic mass is 9.62. The van der Waals surface area contributed by atoms with Crippen LogP contribution in [0, 0.1) is 0 Å². The molecule has 4 nitrogen and oxygen atoms in total. The van der Waals surface area contributed by atoms with Crippen LogP contribution in [0.1, 0.15) is 62.1 Å². The highest BCUT2D eigenvalue weighted by atomic mass is 35.6. The SMILES string of the molecule is O=S(=O)(NC1CCC2(CCCCC2)c2ccccc21)OCC(Cl)(Cl)Cl. The van der Waals surface area contributed by atoms with E-state index in [4.69, 9.17) is 39.0 Å². The van der Waals surface area contributed by atoms with Crippen molar-refractivity contribution in [1.29, 1.82) is 0 Å². The number of nitrogens with one attached hydrogen (secondary N) is 1. The Hall–Kier alpha value is -0.0400. The van der Waals surface area contributed by atoms with Gasteiger partial charge in [-0.3, -0.25) is 4.18 Å². The van der Waals surface area contributed by atoms with E-state index in [1.165, 1.54) is 37.7 Å². The molecule has 1 atom stereocenters. The van der Waals surface area contributed by atoms with Gasteiger partial charge in [0.15, 0.2) is 0 Å². The summed E-state index contributed by atoms with van der Waals surface area (Å²) < 4.78 is 30.1. The van der Waals surface area contributed by atoms with Crippen LogP contribution in [0.4, 0.5) is 0 Å². The van der Waals surface area contributed by atoms with Crippen molar-refractivity contribution in [3.8, 4) is 0 Å². The van der Waals surface area contributed by atoms with E-state index in [2.05, 4.69) is 10.8 Å². The molecule has 140 valence electrons. The Morgan fingerprint density at radius 3 is 2.48 bits per heavy atom. The van der Waals surface area contributed by atoms with Gasteiger partial charge >= 0.3 is 10.3 Å². The molecule has 0 radical (unpaired) electrons. The summed E-state index contributed by atoms with van der Waals surface area (Å²) in [5, 5.41) is 0. The van der Waals surface area contributed by atoms with E-state index in [9.17, 15) is 8.42 Å². The average Bonchev–Trinajstić information content (AvgIpc) is 2.57. The van der Waals surface area contributed by atoms with Gasteiger partial charge in [0.2, 0.25) is 3.79 Å². The largest absolute Gasteiger partial charge is 0.336 e. The van der Waals surface area contributed by atoms with Gasteiger partial charge in [-0.05, 0) is 42.2 Å². The van der Waals surface area contributed by atoms with Crippen LogP contribution < -0.4 is 4.72 Å². The van der Waals surface area contributed by atoms with Crippen molar-refractivity contribution in [2.75, 3.05) is 6.61 Å². The molecule has 2 aliphatic rings. The van der Waals surface area contributed by atoms with Crippen LogP contribution in [0.15, 0.2) is 24.3 Å². The third kappa shape index (κ3) is 4.82. The van der Waals surface area contributed by atoms with E-state index in [-0.39, 0.29) is 11.5 Å². The van der Waals surface area contributed by atoms with Crippen molar-refractivity contribution in [2.45, 2.75) is 60.2 Å². The summed E-state index contributed by atoms with van der Waals surface area (Å²) in [6, 6.07) is 7.82. The monoisotopic (exact) mass is 425 g/mol. The third-order valence-electron chi connectivity index (χ3n) is 5.29. The Bertz CT molecular complexity index is 712. The summed E-state index contributed by atoms with van der Waals surface area (Å²) in [5.74, 6) is 0. The molecule has 25 heavy (non-hydrogen) atoms. The zero-order valence-corrected chi connectivity index (χ0v) is 16.9. The molecule has 1 N–H and O–H groups in total. The first-order chi connectivity index (χ1) is 11.7. The van der Waals surface area contributed by atoms with E-state index >= 15 is 0 Å². The minimum Gasteiger partial charge on any atom is -0.254 e. The lowest BCUT2D eigenvalue weighted by Crippen LogP contribution is -2.40. The number of alkyl halides is 3. The van der Waals surface area contributed by atoms with Crippen LogP contribution in [0.3, 0.4) is 0 Å². The number of fused-ring (bicyclic) bond motifs is 2. The van der Waals surface area contributed by atoms with Gasteiger partial charge in [0.05, 0.1) is 0 Å². The summed E-state index contributed by atoms with van der Waals surface area (Å²) in [5.41, 5.74) is 2.50. The van der Waals surface area contributed by atoms with E-state index in [0.29, 0.717) is 0 Å². The van der Waals surface area contributed by atoms with Crippen molar-refractivity contribution in [1.82, 2.24) is 4.72 Å². The topological polar surface area (TPSA) is 55.4 Å². The molecule has 0 heterocycles. The summed E-state index contributed by atoms with van der Waals surface area (Å²) >= 11 is 16.7. The highest BCUT2D eigenvalue weighted by Crippen LogP contribution is 2.50. The molecular formula is C17H22Cl3NO3S. The number of halogens is 3. The fraction of sp³-hybridized carbons (Fsp3) is 0.647. The second kappa shape index (κ2) is 7.53. The third-order valence-corrected chi connectivity index (χ3v) is 6.62. The zero-order chi connectivity index (χ0) is 18.1. The molecule has 1 aromatic carbocycles. The molecule has 8 heteroatoms. The van der Waals surface area contributed by atoms with E-state index in [1.807, 2.05) is 18.2 Å². The van der Waals surface area contributed by atoms with Gasteiger partial charge in [-0.25, -0.2) is 0 Å². The molecule has 1 saturated carbocycles. The van der Waals surface area contributed by atoms with Gasteiger partial charge in [-0.2, -0.15) is 13.1 Å². The second-order valence-corrected chi connectivity index (χ2v) is 10.9. The van der Waals surface area contributed by atoms with Gasteiger partial charge in [0.25, 0.3) is 0 Å². The number of hydrogen-bond acceptors (Lipinski definition) is 3. The maximum absolute atomic E-state index is 12.2. The van der Waals surface area contributed by atoms with Gasteiger partial charge in [-0.1, -0.05) is 78.3 Å². The summed E-state index contributed by atoms with van der Waals surface area (Å²) in [4.78, 5) is 0. The van der Waals surface area contributed by atoms with Crippen LogP contribution >= 0.6 is 34.8 Å².